The molecule has 1 saturated heterocycles. The summed E-state index contributed by atoms with van der Waals surface area (Å²) in [5.74, 6) is 0. The van der Waals surface area contributed by atoms with E-state index < -0.39 is 5.60 Å². The number of aromatic nitrogens is 1. The van der Waals surface area contributed by atoms with Crippen molar-refractivity contribution in [2.45, 2.75) is 12.5 Å². The number of pyridine rings is 1. The van der Waals surface area contributed by atoms with Gasteiger partial charge in [-0.3, -0.25) is 9.78 Å². The van der Waals surface area contributed by atoms with Crippen molar-refractivity contribution in [3.8, 4) is 0 Å². The molecule has 4 heteroatoms. The highest BCUT2D eigenvalue weighted by Crippen LogP contribution is 2.26. The minimum atomic E-state index is -0.580. The molecule has 0 bridgehead atoms. The van der Waals surface area contributed by atoms with Crippen molar-refractivity contribution in [2.24, 2.45) is 0 Å². The van der Waals surface area contributed by atoms with Crippen LogP contribution in [0.15, 0.2) is 18.3 Å². The van der Waals surface area contributed by atoms with Gasteiger partial charge in [-0.25, -0.2) is 0 Å². The van der Waals surface area contributed by atoms with E-state index in [1.54, 1.807) is 19.2 Å². The Bertz CT molecular complexity index is 338. The van der Waals surface area contributed by atoms with Crippen LogP contribution in [-0.4, -0.2) is 35.1 Å². The molecule has 2 rings (SSSR count). The Kier molecular flexibility index (Phi) is 2.00. The van der Waals surface area contributed by atoms with Crippen LogP contribution < -0.4 is 4.90 Å². The molecule has 0 radical (unpaired) electrons. The number of β-amino-alcohol motifs (C(OH)–C–C–N with tert-alkyl or cyclic N) is 1. The normalized spacial score (nSPS) is 18.9. The minimum absolute atomic E-state index is 0.432. The summed E-state index contributed by atoms with van der Waals surface area (Å²) in [5.41, 5.74) is 0.798. The van der Waals surface area contributed by atoms with Gasteiger partial charge in [-0.05, 0) is 19.1 Å². The van der Waals surface area contributed by atoms with Crippen LogP contribution in [-0.2, 0) is 0 Å². The maximum absolute atomic E-state index is 10.4. The maximum Gasteiger partial charge on any atom is 0.168 e. The summed E-state index contributed by atoms with van der Waals surface area (Å²) < 4.78 is 0. The quantitative estimate of drug-likeness (QED) is 0.692. The Hall–Kier alpha value is -1.42. The Labute approximate surface area is 82.2 Å². The smallest absolute Gasteiger partial charge is 0.168 e. The zero-order valence-electron chi connectivity index (χ0n) is 7.97. The molecule has 0 aliphatic carbocycles. The lowest BCUT2D eigenvalue weighted by Crippen LogP contribution is -2.60. The number of nitrogens with zero attached hydrogens (tertiary/aromatic N) is 2. The zero-order chi connectivity index (χ0) is 10.2. The molecule has 14 heavy (non-hydrogen) atoms. The van der Waals surface area contributed by atoms with Gasteiger partial charge in [0.1, 0.15) is 5.69 Å². The second kappa shape index (κ2) is 3.06. The van der Waals surface area contributed by atoms with Gasteiger partial charge < -0.3 is 10.0 Å². The summed E-state index contributed by atoms with van der Waals surface area (Å²) in [7, 11) is 0. The number of carbonyl (C=O) groups is 1. The number of carbonyl (C=O) groups excluding carboxylic acids is 1. The molecule has 0 unspecified atom stereocenters. The predicted molar refractivity (Wildman–Crippen MR) is 52.5 cm³/mol. The minimum Gasteiger partial charge on any atom is -0.386 e. The molecule has 0 amide bonds. The van der Waals surface area contributed by atoms with Crippen LogP contribution in [0.5, 0.6) is 0 Å². The fraction of sp³-hybridized carbons (Fsp3) is 0.400. The van der Waals surface area contributed by atoms with Crippen LogP contribution in [0.25, 0.3) is 0 Å². The number of rotatable bonds is 2. The lowest BCUT2D eigenvalue weighted by molar-refractivity contribution is 0.0310. The maximum atomic E-state index is 10.4. The molecule has 1 aromatic rings. The van der Waals surface area contributed by atoms with Gasteiger partial charge in [0.25, 0.3) is 0 Å². The Morgan fingerprint density at radius 1 is 1.57 bits per heavy atom. The molecule has 1 fully saturated rings. The molecule has 74 valence electrons. The third kappa shape index (κ3) is 1.61. The Balaban J connectivity index is 2.08. The molecule has 4 nitrogen and oxygen atoms in total. The first kappa shape index (κ1) is 9.15. The van der Waals surface area contributed by atoms with E-state index in [1.165, 1.54) is 0 Å². The number of hydrogen-bond acceptors (Lipinski definition) is 4. The third-order valence-corrected chi connectivity index (χ3v) is 2.32. The van der Waals surface area contributed by atoms with Crippen molar-refractivity contribution in [2.75, 3.05) is 18.0 Å². The Morgan fingerprint density at radius 3 is 2.71 bits per heavy atom. The summed E-state index contributed by atoms with van der Waals surface area (Å²) in [6.07, 6.45) is 2.37. The van der Waals surface area contributed by atoms with Gasteiger partial charge in [0.05, 0.1) is 17.5 Å². The molecular formula is C10H12N2O2. The van der Waals surface area contributed by atoms with E-state index in [1.807, 2.05) is 11.0 Å². The van der Waals surface area contributed by atoms with Crippen molar-refractivity contribution in [1.29, 1.82) is 0 Å². The summed E-state index contributed by atoms with van der Waals surface area (Å²) in [4.78, 5) is 16.3. The molecule has 1 N–H and O–H groups in total. The van der Waals surface area contributed by atoms with E-state index in [9.17, 15) is 9.90 Å². The van der Waals surface area contributed by atoms with E-state index in [2.05, 4.69) is 4.98 Å². The van der Waals surface area contributed by atoms with E-state index in [4.69, 9.17) is 0 Å². The van der Waals surface area contributed by atoms with Gasteiger partial charge in [0.15, 0.2) is 6.29 Å². The highest BCUT2D eigenvalue weighted by Gasteiger charge is 2.36. The van der Waals surface area contributed by atoms with Gasteiger partial charge >= 0.3 is 0 Å². The van der Waals surface area contributed by atoms with E-state index in [0.717, 1.165) is 12.0 Å². The molecule has 0 saturated carbocycles. The van der Waals surface area contributed by atoms with Gasteiger partial charge in [-0.15, -0.1) is 0 Å². The van der Waals surface area contributed by atoms with Crippen molar-refractivity contribution >= 4 is 12.0 Å². The fourth-order valence-electron chi connectivity index (χ4n) is 1.61. The SMILES string of the molecule is CC1(O)CN(c2ccc(C=O)nc2)C1. The van der Waals surface area contributed by atoms with Gasteiger partial charge in [0, 0.05) is 13.1 Å². The number of aldehydes is 1. The van der Waals surface area contributed by atoms with Crippen LogP contribution in [0.4, 0.5) is 5.69 Å². The topological polar surface area (TPSA) is 53.4 Å². The van der Waals surface area contributed by atoms with Gasteiger partial charge in [0.2, 0.25) is 0 Å². The number of aliphatic hydroxyl groups is 1. The second-order valence-electron chi connectivity index (χ2n) is 3.91. The third-order valence-electron chi connectivity index (χ3n) is 2.32. The van der Waals surface area contributed by atoms with Gasteiger partial charge in [-0.1, -0.05) is 0 Å². The molecule has 1 aromatic heterocycles. The molecule has 0 spiro atoms. The van der Waals surface area contributed by atoms with Crippen molar-refractivity contribution in [3.05, 3.63) is 24.0 Å². The van der Waals surface area contributed by atoms with E-state index >= 15 is 0 Å². The first-order chi connectivity index (χ1) is 6.61. The lowest BCUT2D eigenvalue weighted by Gasteiger charge is -2.45. The first-order valence-corrected chi connectivity index (χ1v) is 4.49. The highest BCUT2D eigenvalue weighted by molar-refractivity contribution is 5.72. The van der Waals surface area contributed by atoms with Gasteiger partial charge in [-0.2, -0.15) is 0 Å². The lowest BCUT2D eigenvalue weighted by atomic mass is 9.96. The highest BCUT2D eigenvalue weighted by atomic mass is 16.3. The molecule has 1 aliphatic heterocycles. The summed E-state index contributed by atoms with van der Waals surface area (Å²) in [5, 5.41) is 9.53. The van der Waals surface area contributed by atoms with E-state index in [-0.39, 0.29) is 0 Å². The van der Waals surface area contributed by atoms with Crippen LogP contribution in [0.1, 0.15) is 17.4 Å². The molecule has 0 aromatic carbocycles. The van der Waals surface area contributed by atoms with Crippen LogP contribution in [0.2, 0.25) is 0 Å². The van der Waals surface area contributed by atoms with Crippen molar-refractivity contribution < 1.29 is 9.90 Å². The van der Waals surface area contributed by atoms with Crippen LogP contribution >= 0.6 is 0 Å². The number of hydrogen-bond donors (Lipinski definition) is 1. The first-order valence-electron chi connectivity index (χ1n) is 4.49. The largest absolute Gasteiger partial charge is 0.386 e. The summed E-state index contributed by atoms with van der Waals surface area (Å²) in [6, 6.07) is 3.52. The van der Waals surface area contributed by atoms with Crippen molar-refractivity contribution in [3.63, 3.8) is 0 Å². The van der Waals surface area contributed by atoms with Crippen LogP contribution in [0.3, 0.4) is 0 Å². The van der Waals surface area contributed by atoms with Crippen LogP contribution in [0, 0.1) is 0 Å². The average molecular weight is 192 g/mol. The summed E-state index contributed by atoms with van der Waals surface area (Å²) in [6.45, 7) is 3.04. The molecule has 0 atom stereocenters. The molecule has 1 aliphatic rings. The number of anilines is 1. The monoisotopic (exact) mass is 192 g/mol. The Morgan fingerprint density at radius 2 is 2.29 bits per heavy atom. The fourth-order valence-corrected chi connectivity index (χ4v) is 1.61. The predicted octanol–water partition coefficient (Wildman–Crippen LogP) is 0.465. The summed E-state index contributed by atoms with van der Waals surface area (Å²) >= 11 is 0. The van der Waals surface area contributed by atoms with Crippen molar-refractivity contribution in [1.82, 2.24) is 4.98 Å². The second-order valence-corrected chi connectivity index (χ2v) is 3.91. The molecule has 2 heterocycles. The average Bonchev–Trinajstić information content (AvgIpc) is 2.14. The van der Waals surface area contributed by atoms with E-state index in [0.29, 0.717) is 18.8 Å². The zero-order valence-corrected chi connectivity index (χ0v) is 7.97. The standard InChI is InChI=1S/C10H12N2O2/c1-10(14)6-12(7-10)9-3-2-8(5-13)11-4-9/h2-5,14H,6-7H2,1H3. The molecular weight excluding hydrogens is 180 g/mol.